The summed E-state index contributed by atoms with van der Waals surface area (Å²) in [4.78, 5) is 24.2. The number of ether oxygens (including phenoxy) is 1. The molecule has 8 rings (SSSR count). The second-order valence-electron chi connectivity index (χ2n) is 11.0. The molecular formula is C28H25Cl2N5O5. The summed E-state index contributed by atoms with van der Waals surface area (Å²) in [6.07, 6.45) is 10.4. The van der Waals surface area contributed by atoms with Gasteiger partial charge in [-0.05, 0) is 63.5 Å². The van der Waals surface area contributed by atoms with Crippen LogP contribution < -0.4 is 0 Å². The number of pyridine rings is 2. The minimum Gasteiger partial charge on any atom is -0.477 e. The summed E-state index contributed by atoms with van der Waals surface area (Å²) in [6, 6.07) is 4.74. The maximum Gasteiger partial charge on any atom is 0.354 e. The normalized spacial score (nSPS) is 23.9. The molecule has 4 aromatic heterocycles. The molecule has 4 saturated carbocycles. The number of carboxylic acids is 1. The van der Waals surface area contributed by atoms with E-state index >= 15 is 0 Å². The fourth-order valence-corrected chi connectivity index (χ4v) is 6.64. The van der Waals surface area contributed by atoms with Gasteiger partial charge in [-0.15, -0.1) is 0 Å². The third kappa shape index (κ3) is 4.38. The van der Waals surface area contributed by atoms with Gasteiger partial charge in [-0.2, -0.15) is 4.98 Å². The van der Waals surface area contributed by atoms with Crippen LogP contribution in [-0.2, 0) is 16.8 Å². The van der Waals surface area contributed by atoms with Crippen LogP contribution in [0.15, 0.2) is 39.6 Å². The van der Waals surface area contributed by atoms with Crippen LogP contribution in [0.5, 0.6) is 0 Å². The standard InChI is InChI=1S/C28H25Cl2N5O5/c29-17-12-31-13-18(30)21(17)22-16(23(39-34-22)15-4-5-15)14-38-28-9-6-27(7-10-28,8-11-28)26-33-24(35-40-26)19-2-1-3-20(32-19)25(36)37/h1-3,12-13,15H,4-11,14H2,(H,36,37). The van der Waals surface area contributed by atoms with Crippen molar-refractivity contribution in [2.45, 2.75) is 74.9 Å². The van der Waals surface area contributed by atoms with Crippen LogP contribution in [0.1, 0.15) is 85.0 Å². The molecule has 4 aliphatic rings. The summed E-state index contributed by atoms with van der Waals surface area (Å²) in [5.41, 5.74) is 1.98. The van der Waals surface area contributed by atoms with Gasteiger partial charge in [0, 0.05) is 29.4 Å². The number of carbonyl (C=O) groups is 1. The molecule has 1 N–H and O–H groups in total. The van der Waals surface area contributed by atoms with Crippen LogP contribution >= 0.6 is 23.2 Å². The number of nitrogens with zero attached hydrogens (tertiary/aromatic N) is 5. The predicted molar refractivity (Wildman–Crippen MR) is 143 cm³/mol. The topological polar surface area (TPSA) is 137 Å². The molecule has 12 heteroatoms. The van der Waals surface area contributed by atoms with Crippen molar-refractivity contribution in [1.82, 2.24) is 25.3 Å². The van der Waals surface area contributed by atoms with Crippen LogP contribution in [0.4, 0.5) is 0 Å². The lowest BCUT2D eigenvalue weighted by molar-refractivity contribution is -0.130. The Morgan fingerprint density at radius 3 is 2.40 bits per heavy atom. The van der Waals surface area contributed by atoms with Crippen LogP contribution in [0.3, 0.4) is 0 Å². The van der Waals surface area contributed by atoms with Gasteiger partial charge >= 0.3 is 5.97 Å². The SMILES string of the molecule is O=C(O)c1cccc(-c2noc(C34CCC(OCc5c(-c6c(Cl)cncc6Cl)noc5C5CC5)(CC3)CC4)n2)n1. The zero-order chi connectivity index (χ0) is 27.5. The molecule has 10 nitrogen and oxygen atoms in total. The monoisotopic (exact) mass is 581 g/mol. The van der Waals surface area contributed by atoms with Crippen molar-refractivity contribution < 1.29 is 23.7 Å². The molecule has 0 spiro atoms. The van der Waals surface area contributed by atoms with E-state index in [1.807, 2.05) is 0 Å². The number of aromatic carboxylic acids is 1. The lowest BCUT2D eigenvalue weighted by atomic mass is 9.58. The van der Waals surface area contributed by atoms with Crippen molar-refractivity contribution in [3.8, 4) is 22.8 Å². The summed E-state index contributed by atoms with van der Waals surface area (Å²) < 4.78 is 18.2. The first-order valence-corrected chi connectivity index (χ1v) is 14.1. The fraction of sp³-hybridized carbons (Fsp3) is 0.429. The molecule has 4 aliphatic carbocycles. The maximum atomic E-state index is 11.3. The number of rotatable bonds is 8. The van der Waals surface area contributed by atoms with Gasteiger partial charge in [0.05, 0.1) is 27.7 Å². The molecule has 40 heavy (non-hydrogen) atoms. The maximum absolute atomic E-state index is 11.3. The first-order valence-electron chi connectivity index (χ1n) is 13.3. The quantitative estimate of drug-likeness (QED) is 0.241. The van der Waals surface area contributed by atoms with E-state index in [9.17, 15) is 9.90 Å². The van der Waals surface area contributed by atoms with Crippen molar-refractivity contribution in [1.29, 1.82) is 0 Å². The van der Waals surface area contributed by atoms with Crippen LogP contribution in [0.25, 0.3) is 22.8 Å². The van der Waals surface area contributed by atoms with E-state index in [1.54, 1.807) is 24.5 Å². The van der Waals surface area contributed by atoms with Gasteiger partial charge < -0.3 is 18.9 Å². The second-order valence-corrected chi connectivity index (χ2v) is 11.8. The smallest absolute Gasteiger partial charge is 0.354 e. The van der Waals surface area contributed by atoms with Gasteiger partial charge in [0.15, 0.2) is 0 Å². The zero-order valence-electron chi connectivity index (χ0n) is 21.4. The fourth-order valence-electron chi connectivity index (χ4n) is 6.10. The summed E-state index contributed by atoms with van der Waals surface area (Å²) in [5.74, 6) is 0.981. The highest BCUT2D eigenvalue weighted by molar-refractivity contribution is 6.38. The molecule has 4 aromatic rings. The minimum absolute atomic E-state index is 0.0615. The third-order valence-electron chi connectivity index (χ3n) is 8.63. The molecule has 0 aliphatic heterocycles. The summed E-state index contributed by atoms with van der Waals surface area (Å²) in [5, 5.41) is 18.6. The number of halogens is 2. The van der Waals surface area contributed by atoms with E-state index in [2.05, 4.69) is 25.3 Å². The molecule has 0 amide bonds. The molecule has 0 atom stereocenters. The molecule has 4 heterocycles. The first-order chi connectivity index (χ1) is 19.4. The van der Waals surface area contributed by atoms with Gasteiger partial charge in [-0.25, -0.2) is 9.78 Å². The lowest BCUT2D eigenvalue weighted by Crippen LogP contribution is -2.49. The Kier molecular flexibility index (Phi) is 6.17. The molecular weight excluding hydrogens is 557 g/mol. The van der Waals surface area contributed by atoms with Crippen LogP contribution in [-0.4, -0.2) is 41.9 Å². The highest BCUT2D eigenvalue weighted by Crippen LogP contribution is 2.55. The Hall–Kier alpha value is -3.34. The largest absolute Gasteiger partial charge is 0.477 e. The lowest BCUT2D eigenvalue weighted by Gasteiger charge is -2.51. The predicted octanol–water partition coefficient (Wildman–Crippen LogP) is 6.63. The van der Waals surface area contributed by atoms with E-state index < -0.39 is 5.97 Å². The van der Waals surface area contributed by atoms with Crippen molar-refractivity contribution >= 4 is 29.2 Å². The van der Waals surface area contributed by atoms with E-state index in [0.29, 0.717) is 51.2 Å². The number of hydrogen-bond donors (Lipinski definition) is 1. The molecule has 2 bridgehead atoms. The average molecular weight is 582 g/mol. The highest BCUT2D eigenvalue weighted by atomic mass is 35.5. The van der Waals surface area contributed by atoms with E-state index in [1.165, 1.54) is 6.07 Å². The Morgan fingerprint density at radius 1 is 1.00 bits per heavy atom. The molecule has 0 unspecified atom stereocenters. The number of aromatic nitrogens is 5. The van der Waals surface area contributed by atoms with Crippen molar-refractivity contribution in [3.05, 3.63) is 63.5 Å². The summed E-state index contributed by atoms with van der Waals surface area (Å²) in [6.45, 7) is 0.364. The Balaban J connectivity index is 1.09. The van der Waals surface area contributed by atoms with Crippen LogP contribution in [0, 0.1) is 0 Å². The summed E-state index contributed by atoms with van der Waals surface area (Å²) >= 11 is 12.9. The van der Waals surface area contributed by atoms with Crippen molar-refractivity contribution in [2.24, 2.45) is 0 Å². The summed E-state index contributed by atoms with van der Waals surface area (Å²) in [7, 11) is 0. The van der Waals surface area contributed by atoms with Crippen molar-refractivity contribution in [2.75, 3.05) is 0 Å². The van der Waals surface area contributed by atoms with E-state index in [0.717, 1.165) is 62.7 Å². The van der Waals surface area contributed by atoms with Crippen LogP contribution in [0.2, 0.25) is 10.0 Å². The first kappa shape index (κ1) is 25.6. The minimum atomic E-state index is -1.10. The van der Waals surface area contributed by atoms with Gasteiger partial charge in [0.2, 0.25) is 11.7 Å². The average Bonchev–Trinajstić information content (AvgIpc) is 3.53. The molecule has 0 saturated heterocycles. The molecule has 206 valence electrons. The third-order valence-corrected chi connectivity index (χ3v) is 9.21. The Labute approximate surface area is 239 Å². The van der Waals surface area contributed by atoms with Crippen molar-refractivity contribution in [3.63, 3.8) is 0 Å². The van der Waals surface area contributed by atoms with E-state index in [-0.39, 0.29) is 16.7 Å². The Morgan fingerprint density at radius 2 is 1.73 bits per heavy atom. The van der Waals surface area contributed by atoms with Gasteiger partial charge in [0.1, 0.15) is 22.8 Å². The second kappa shape index (κ2) is 9.64. The van der Waals surface area contributed by atoms with Gasteiger partial charge in [0.25, 0.3) is 0 Å². The highest BCUT2D eigenvalue weighted by Gasteiger charge is 2.53. The Bertz CT molecular complexity index is 1570. The van der Waals surface area contributed by atoms with Gasteiger partial charge in [-0.3, -0.25) is 4.98 Å². The zero-order valence-corrected chi connectivity index (χ0v) is 22.9. The number of fused-ring (bicyclic) bond motifs is 3. The number of carboxylic acid groups (broad SMARTS) is 1. The number of hydrogen-bond acceptors (Lipinski definition) is 9. The molecule has 0 radical (unpaired) electrons. The molecule has 0 aromatic carbocycles. The van der Waals surface area contributed by atoms with E-state index in [4.69, 9.17) is 37.0 Å². The molecule has 4 fully saturated rings. The van der Waals surface area contributed by atoms with Gasteiger partial charge in [-0.1, -0.05) is 39.6 Å².